The zero-order valence-electron chi connectivity index (χ0n) is 8.40. The van der Waals surface area contributed by atoms with E-state index in [4.69, 9.17) is 10.5 Å². The maximum Gasteiger partial charge on any atom is 0.0954 e. The van der Waals surface area contributed by atoms with Crippen molar-refractivity contribution in [1.82, 2.24) is 4.98 Å². The SMILES string of the molecule is CC(N)c1csc(CC2CCCO2)n1. The van der Waals surface area contributed by atoms with Crippen LogP contribution in [0, 0.1) is 0 Å². The Morgan fingerprint density at radius 2 is 2.64 bits per heavy atom. The molecule has 2 heterocycles. The molecular weight excluding hydrogens is 196 g/mol. The van der Waals surface area contributed by atoms with Crippen LogP contribution in [0.5, 0.6) is 0 Å². The summed E-state index contributed by atoms with van der Waals surface area (Å²) in [5.74, 6) is 0. The molecule has 2 N–H and O–H groups in total. The Bertz CT molecular complexity index is 292. The van der Waals surface area contributed by atoms with Crippen LogP contribution in [0.2, 0.25) is 0 Å². The van der Waals surface area contributed by atoms with Gasteiger partial charge in [-0.05, 0) is 19.8 Å². The average molecular weight is 212 g/mol. The first kappa shape index (κ1) is 10.1. The standard InChI is InChI=1S/C10H16N2OS/c1-7(11)9-6-14-10(12-9)5-8-3-2-4-13-8/h6-8H,2-5,11H2,1H3. The highest BCUT2D eigenvalue weighted by atomic mass is 32.1. The fraction of sp³-hybridized carbons (Fsp3) is 0.700. The molecular formula is C10H16N2OS. The number of nitrogens with zero attached hydrogens (tertiary/aromatic N) is 1. The maximum absolute atomic E-state index is 5.75. The van der Waals surface area contributed by atoms with Gasteiger partial charge in [-0.25, -0.2) is 4.98 Å². The van der Waals surface area contributed by atoms with Gasteiger partial charge in [-0.2, -0.15) is 0 Å². The molecule has 3 nitrogen and oxygen atoms in total. The molecule has 1 aromatic rings. The minimum absolute atomic E-state index is 0.0458. The molecule has 0 radical (unpaired) electrons. The van der Waals surface area contributed by atoms with Crippen molar-refractivity contribution in [3.63, 3.8) is 0 Å². The van der Waals surface area contributed by atoms with Crippen molar-refractivity contribution in [2.75, 3.05) is 6.61 Å². The van der Waals surface area contributed by atoms with Crippen LogP contribution in [0.1, 0.15) is 36.5 Å². The Morgan fingerprint density at radius 1 is 1.79 bits per heavy atom. The normalized spacial score (nSPS) is 24.0. The molecule has 0 aliphatic carbocycles. The minimum Gasteiger partial charge on any atom is -0.378 e. The van der Waals surface area contributed by atoms with Gasteiger partial charge in [0.25, 0.3) is 0 Å². The van der Waals surface area contributed by atoms with Gasteiger partial charge in [-0.1, -0.05) is 0 Å². The highest BCUT2D eigenvalue weighted by molar-refractivity contribution is 7.09. The second kappa shape index (κ2) is 4.38. The largest absolute Gasteiger partial charge is 0.378 e. The van der Waals surface area contributed by atoms with Crippen LogP contribution < -0.4 is 5.73 Å². The van der Waals surface area contributed by atoms with E-state index in [-0.39, 0.29) is 6.04 Å². The minimum atomic E-state index is 0.0458. The molecule has 14 heavy (non-hydrogen) atoms. The third-order valence-electron chi connectivity index (χ3n) is 2.46. The van der Waals surface area contributed by atoms with E-state index in [0.29, 0.717) is 6.10 Å². The fourth-order valence-corrected chi connectivity index (χ4v) is 2.59. The van der Waals surface area contributed by atoms with Gasteiger partial charge in [0, 0.05) is 24.4 Å². The van der Waals surface area contributed by atoms with E-state index in [1.54, 1.807) is 11.3 Å². The molecule has 0 saturated carbocycles. The van der Waals surface area contributed by atoms with Gasteiger partial charge in [0.05, 0.1) is 16.8 Å². The van der Waals surface area contributed by atoms with Gasteiger partial charge in [0.2, 0.25) is 0 Å². The summed E-state index contributed by atoms with van der Waals surface area (Å²) in [4.78, 5) is 4.49. The zero-order chi connectivity index (χ0) is 9.97. The molecule has 0 aromatic carbocycles. The van der Waals surface area contributed by atoms with Crippen LogP contribution in [0.25, 0.3) is 0 Å². The van der Waals surface area contributed by atoms with Crippen molar-refractivity contribution in [1.29, 1.82) is 0 Å². The lowest BCUT2D eigenvalue weighted by atomic mass is 10.2. The van der Waals surface area contributed by atoms with Gasteiger partial charge in [-0.3, -0.25) is 0 Å². The van der Waals surface area contributed by atoms with E-state index >= 15 is 0 Å². The molecule has 0 amide bonds. The van der Waals surface area contributed by atoms with Crippen molar-refractivity contribution < 1.29 is 4.74 Å². The first-order chi connectivity index (χ1) is 6.75. The Balaban J connectivity index is 1.95. The first-order valence-electron chi connectivity index (χ1n) is 5.07. The molecule has 2 rings (SSSR count). The molecule has 1 aliphatic heterocycles. The van der Waals surface area contributed by atoms with Crippen LogP contribution in [-0.4, -0.2) is 17.7 Å². The molecule has 0 spiro atoms. The molecule has 78 valence electrons. The van der Waals surface area contributed by atoms with E-state index in [0.717, 1.165) is 23.7 Å². The molecule has 1 fully saturated rings. The number of hydrogen-bond acceptors (Lipinski definition) is 4. The summed E-state index contributed by atoms with van der Waals surface area (Å²) in [6.07, 6.45) is 3.71. The second-order valence-corrected chi connectivity index (χ2v) is 4.74. The van der Waals surface area contributed by atoms with Crippen molar-refractivity contribution in [3.8, 4) is 0 Å². The second-order valence-electron chi connectivity index (χ2n) is 3.79. The van der Waals surface area contributed by atoms with Crippen LogP contribution in [0.4, 0.5) is 0 Å². The van der Waals surface area contributed by atoms with Gasteiger partial charge in [-0.15, -0.1) is 11.3 Å². The van der Waals surface area contributed by atoms with E-state index in [1.807, 2.05) is 6.92 Å². The Hall–Kier alpha value is -0.450. The van der Waals surface area contributed by atoms with E-state index in [1.165, 1.54) is 12.8 Å². The highest BCUT2D eigenvalue weighted by Gasteiger charge is 2.17. The van der Waals surface area contributed by atoms with Crippen LogP contribution in [0.3, 0.4) is 0 Å². The third kappa shape index (κ3) is 2.32. The van der Waals surface area contributed by atoms with E-state index in [2.05, 4.69) is 10.4 Å². The summed E-state index contributed by atoms with van der Waals surface area (Å²) in [6.45, 7) is 2.88. The number of nitrogens with two attached hydrogens (primary N) is 1. The van der Waals surface area contributed by atoms with Crippen molar-refractivity contribution in [2.24, 2.45) is 5.73 Å². The quantitative estimate of drug-likeness (QED) is 0.832. The molecule has 2 unspecified atom stereocenters. The van der Waals surface area contributed by atoms with Gasteiger partial charge >= 0.3 is 0 Å². The van der Waals surface area contributed by atoms with Gasteiger partial charge in [0.15, 0.2) is 0 Å². The molecule has 0 bridgehead atoms. The predicted octanol–water partition coefficient (Wildman–Crippen LogP) is 1.88. The molecule has 4 heteroatoms. The maximum atomic E-state index is 5.75. The summed E-state index contributed by atoms with van der Waals surface area (Å²) >= 11 is 1.69. The Morgan fingerprint density at radius 3 is 3.21 bits per heavy atom. The van der Waals surface area contributed by atoms with Crippen LogP contribution in [0.15, 0.2) is 5.38 Å². The average Bonchev–Trinajstić information content (AvgIpc) is 2.75. The summed E-state index contributed by atoms with van der Waals surface area (Å²) in [6, 6.07) is 0.0458. The summed E-state index contributed by atoms with van der Waals surface area (Å²) in [5.41, 5.74) is 6.75. The lowest BCUT2D eigenvalue weighted by Crippen LogP contribution is -2.09. The van der Waals surface area contributed by atoms with E-state index < -0.39 is 0 Å². The fourth-order valence-electron chi connectivity index (χ4n) is 1.63. The summed E-state index contributed by atoms with van der Waals surface area (Å²) in [5, 5.41) is 3.21. The topological polar surface area (TPSA) is 48.1 Å². The number of aromatic nitrogens is 1. The van der Waals surface area contributed by atoms with Crippen molar-refractivity contribution in [3.05, 3.63) is 16.1 Å². The molecule has 1 aliphatic rings. The molecule has 1 aromatic heterocycles. The monoisotopic (exact) mass is 212 g/mol. The summed E-state index contributed by atoms with van der Waals surface area (Å²) < 4.78 is 5.56. The van der Waals surface area contributed by atoms with Crippen LogP contribution in [-0.2, 0) is 11.2 Å². The third-order valence-corrected chi connectivity index (χ3v) is 3.35. The van der Waals surface area contributed by atoms with Crippen molar-refractivity contribution in [2.45, 2.75) is 38.3 Å². The van der Waals surface area contributed by atoms with Gasteiger partial charge in [0.1, 0.15) is 0 Å². The first-order valence-corrected chi connectivity index (χ1v) is 5.95. The van der Waals surface area contributed by atoms with Crippen molar-refractivity contribution >= 4 is 11.3 Å². The number of rotatable bonds is 3. The number of hydrogen-bond donors (Lipinski definition) is 1. The highest BCUT2D eigenvalue weighted by Crippen LogP contribution is 2.21. The molecule has 1 saturated heterocycles. The Labute approximate surface area is 88.3 Å². The van der Waals surface area contributed by atoms with Crippen LogP contribution >= 0.6 is 11.3 Å². The Kier molecular flexibility index (Phi) is 3.15. The molecule has 2 atom stereocenters. The summed E-state index contributed by atoms with van der Waals surface area (Å²) in [7, 11) is 0. The predicted molar refractivity (Wildman–Crippen MR) is 57.4 cm³/mol. The lowest BCUT2D eigenvalue weighted by molar-refractivity contribution is 0.111. The zero-order valence-corrected chi connectivity index (χ0v) is 9.22. The van der Waals surface area contributed by atoms with Gasteiger partial charge < -0.3 is 10.5 Å². The number of ether oxygens (including phenoxy) is 1. The lowest BCUT2D eigenvalue weighted by Gasteiger charge is -2.05. The van der Waals surface area contributed by atoms with E-state index in [9.17, 15) is 0 Å². The number of thiazole rings is 1. The smallest absolute Gasteiger partial charge is 0.0954 e.